The summed E-state index contributed by atoms with van der Waals surface area (Å²) in [7, 11) is 0. The van der Waals surface area contributed by atoms with Crippen LogP contribution in [0.2, 0.25) is 0 Å². The smallest absolute Gasteiger partial charge is 0.298 e. The van der Waals surface area contributed by atoms with Gasteiger partial charge >= 0.3 is 6.18 Å². The highest BCUT2D eigenvalue weighted by molar-refractivity contribution is 5.23. The van der Waals surface area contributed by atoms with E-state index in [1.165, 1.54) is 12.1 Å². The Bertz CT molecular complexity index is 532. The van der Waals surface area contributed by atoms with Crippen molar-refractivity contribution in [3.63, 3.8) is 0 Å². The summed E-state index contributed by atoms with van der Waals surface area (Å²) in [6.45, 7) is 2.12. The predicted molar refractivity (Wildman–Crippen MR) is 73.3 cm³/mol. The quantitative estimate of drug-likeness (QED) is 0.875. The average molecular weight is 279 g/mol. The van der Waals surface area contributed by atoms with Gasteiger partial charge in [-0.1, -0.05) is 60.2 Å². The van der Waals surface area contributed by atoms with E-state index < -0.39 is 12.2 Å². The number of hydrogen-bond donors (Lipinski definition) is 1. The molecule has 0 spiro atoms. The molecule has 2 aromatic rings. The highest BCUT2D eigenvalue weighted by Gasteiger charge is 2.40. The van der Waals surface area contributed by atoms with Crippen LogP contribution in [0.5, 0.6) is 0 Å². The maximum absolute atomic E-state index is 13.1. The maximum atomic E-state index is 13.1. The molecule has 0 amide bonds. The van der Waals surface area contributed by atoms with E-state index in [9.17, 15) is 13.2 Å². The fraction of sp³-hybridized carbons (Fsp3) is 0.250. The first kappa shape index (κ1) is 14.6. The van der Waals surface area contributed by atoms with Crippen LogP contribution in [0.25, 0.3) is 0 Å². The van der Waals surface area contributed by atoms with Crippen molar-refractivity contribution in [2.24, 2.45) is 0 Å². The predicted octanol–water partition coefficient (Wildman–Crippen LogP) is 4.39. The van der Waals surface area contributed by atoms with Crippen LogP contribution in [-0.2, 0) is 6.54 Å². The number of alkyl halides is 3. The zero-order valence-corrected chi connectivity index (χ0v) is 11.1. The van der Waals surface area contributed by atoms with Gasteiger partial charge < -0.3 is 0 Å². The molecule has 1 N–H and O–H groups in total. The molecule has 0 aromatic heterocycles. The molecule has 0 fully saturated rings. The summed E-state index contributed by atoms with van der Waals surface area (Å²) < 4.78 is 39.3. The Morgan fingerprint density at radius 3 is 2.10 bits per heavy atom. The summed E-state index contributed by atoms with van der Waals surface area (Å²) in [6, 6.07) is 13.7. The van der Waals surface area contributed by atoms with E-state index in [1.807, 2.05) is 31.2 Å². The van der Waals surface area contributed by atoms with Crippen molar-refractivity contribution >= 4 is 0 Å². The minimum absolute atomic E-state index is 0.180. The van der Waals surface area contributed by atoms with E-state index in [-0.39, 0.29) is 12.1 Å². The van der Waals surface area contributed by atoms with Gasteiger partial charge in [-0.3, -0.25) is 5.32 Å². The number of aryl methyl sites for hydroxylation is 1. The van der Waals surface area contributed by atoms with Gasteiger partial charge in [0, 0.05) is 6.54 Å². The van der Waals surface area contributed by atoms with Crippen LogP contribution in [0.1, 0.15) is 22.7 Å². The Morgan fingerprint density at radius 1 is 0.950 bits per heavy atom. The molecular weight excluding hydrogens is 263 g/mol. The van der Waals surface area contributed by atoms with Gasteiger partial charge in [0.25, 0.3) is 0 Å². The molecule has 0 aliphatic heterocycles. The third-order valence-electron chi connectivity index (χ3n) is 3.09. The molecule has 106 valence electrons. The fourth-order valence-corrected chi connectivity index (χ4v) is 1.99. The molecule has 0 saturated heterocycles. The molecule has 1 nitrogen and oxygen atoms in total. The van der Waals surface area contributed by atoms with Crippen LogP contribution in [-0.4, -0.2) is 6.18 Å². The molecule has 1 unspecified atom stereocenters. The Hall–Kier alpha value is -1.81. The summed E-state index contributed by atoms with van der Waals surface area (Å²) >= 11 is 0. The molecule has 0 bridgehead atoms. The van der Waals surface area contributed by atoms with Gasteiger partial charge in [0.2, 0.25) is 0 Å². The molecule has 20 heavy (non-hydrogen) atoms. The van der Waals surface area contributed by atoms with Crippen molar-refractivity contribution < 1.29 is 13.2 Å². The van der Waals surface area contributed by atoms with Crippen molar-refractivity contribution in [1.82, 2.24) is 5.32 Å². The first-order valence-corrected chi connectivity index (χ1v) is 6.37. The van der Waals surface area contributed by atoms with Gasteiger partial charge in [0.1, 0.15) is 6.04 Å². The molecule has 1 atom stereocenters. The third-order valence-corrected chi connectivity index (χ3v) is 3.09. The van der Waals surface area contributed by atoms with Gasteiger partial charge in [-0.2, -0.15) is 13.2 Å². The van der Waals surface area contributed by atoms with Gasteiger partial charge in [0.05, 0.1) is 0 Å². The first-order chi connectivity index (χ1) is 9.47. The molecular formula is C16H16F3N. The SMILES string of the molecule is Cc1ccc(CNC(c2ccccc2)C(F)(F)F)cc1. The highest BCUT2D eigenvalue weighted by Crippen LogP contribution is 2.32. The third kappa shape index (κ3) is 3.84. The minimum Gasteiger partial charge on any atom is -0.298 e. The second kappa shape index (κ2) is 6.09. The van der Waals surface area contributed by atoms with E-state index in [2.05, 4.69) is 5.32 Å². The topological polar surface area (TPSA) is 12.0 Å². The van der Waals surface area contributed by atoms with Crippen LogP contribution >= 0.6 is 0 Å². The molecule has 0 aliphatic rings. The van der Waals surface area contributed by atoms with Crippen molar-refractivity contribution in [1.29, 1.82) is 0 Å². The van der Waals surface area contributed by atoms with E-state index in [0.717, 1.165) is 11.1 Å². The Morgan fingerprint density at radius 2 is 1.55 bits per heavy atom. The first-order valence-electron chi connectivity index (χ1n) is 6.37. The summed E-state index contributed by atoms with van der Waals surface area (Å²) in [5, 5.41) is 2.59. The van der Waals surface area contributed by atoms with Gasteiger partial charge in [-0.25, -0.2) is 0 Å². The second-order valence-corrected chi connectivity index (χ2v) is 4.75. The Kier molecular flexibility index (Phi) is 4.45. The van der Waals surface area contributed by atoms with Gasteiger partial charge in [0.15, 0.2) is 0 Å². The second-order valence-electron chi connectivity index (χ2n) is 4.75. The summed E-state index contributed by atoms with van der Waals surface area (Å²) in [5.41, 5.74) is 2.15. The number of halogens is 3. The molecule has 0 heterocycles. The van der Waals surface area contributed by atoms with Crippen LogP contribution in [0, 0.1) is 6.92 Å². The zero-order valence-electron chi connectivity index (χ0n) is 11.1. The highest BCUT2D eigenvalue weighted by atomic mass is 19.4. The lowest BCUT2D eigenvalue weighted by atomic mass is 10.1. The van der Waals surface area contributed by atoms with Crippen LogP contribution in [0.3, 0.4) is 0 Å². The Labute approximate surface area is 116 Å². The number of hydrogen-bond acceptors (Lipinski definition) is 1. The number of nitrogens with one attached hydrogen (secondary N) is 1. The molecule has 4 heteroatoms. The molecule has 0 radical (unpaired) electrons. The lowest BCUT2D eigenvalue weighted by Gasteiger charge is -2.22. The fourth-order valence-electron chi connectivity index (χ4n) is 1.99. The van der Waals surface area contributed by atoms with E-state index >= 15 is 0 Å². The van der Waals surface area contributed by atoms with Crippen molar-refractivity contribution in [3.05, 3.63) is 71.3 Å². The summed E-state index contributed by atoms with van der Waals surface area (Å²) in [4.78, 5) is 0. The average Bonchev–Trinajstić information content (AvgIpc) is 2.41. The summed E-state index contributed by atoms with van der Waals surface area (Å²) in [6.07, 6.45) is -4.31. The van der Waals surface area contributed by atoms with Crippen LogP contribution in [0.4, 0.5) is 13.2 Å². The van der Waals surface area contributed by atoms with E-state index in [4.69, 9.17) is 0 Å². The van der Waals surface area contributed by atoms with Crippen molar-refractivity contribution in [2.75, 3.05) is 0 Å². The standard InChI is InChI=1S/C16H16F3N/c1-12-7-9-13(10-8-12)11-20-15(16(17,18)19)14-5-3-2-4-6-14/h2-10,15,20H,11H2,1H3. The van der Waals surface area contributed by atoms with Crippen molar-refractivity contribution in [3.8, 4) is 0 Å². The normalized spacial score (nSPS) is 13.2. The van der Waals surface area contributed by atoms with Crippen LogP contribution in [0.15, 0.2) is 54.6 Å². The Balaban J connectivity index is 2.11. The molecule has 2 rings (SSSR count). The minimum atomic E-state index is -4.31. The molecule has 2 aromatic carbocycles. The number of benzene rings is 2. The van der Waals surface area contributed by atoms with Crippen molar-refractivity contribution in [2.45, 2.75) is 25.7 Å². The zero-order chi connectivity index (χ0) is 14.6. The lowest BCUT2D eigenvalue weighted by Crippen LogP contribution is -2.33. The van der Waals surface area contributed by atoms with Gasteiger partial charge in [-0.05, 0) is 18.1 Å². The lowest BCUT2D eigenvalue weighted by molar-refractivity contribution is -0.158. The summed E-state index contributed by atoms with van der Waals surface area (Å²) in [5.74, 6) is 0. The maximum Gasteiger partial charge on any atom is 0.407 e. The van der Waals surface area contributed by atoms with Crippen LogP contribution < -0.4 is 5.32 Å². The van der Waals surface area contributed by atoms with Gasteiger partial charge in [-0.15, -0.1) is 0 Å². The molecule has 0 saturated carbocycles. The van der Waals surface area contributed by atoms with E-state index in [1.54, 1.807) is 18.2 Å². The van der Waals surface area contributed by atoms with E-state index in [0.29, 0.717) is 0 Å². The molecule has 0 aliphatic carbocycles. The largest absolute Gasteiger partial charge is 0.407 e. The monoisotopic (exact) mass is 279 g/mol. The number of rotatable bonds is 4.